The van der Waals surface area contributed by atoms with E-state index in [9.17, 15) is 4.79 Å². The van der Waals surface area contributed by atoms with E-state index >= 15 is 0 Å². The lowest BCUT2D eigenvalue weighted by Gasteiger charge is -2.21. The van der Waals surface area contributed by atoms with E-state index in [1.807, 2.05) is 53.2 Å². The summed E-state index contributed by atoms with van der Waals surface area (Å²) in [6, 6.07) is 15.7. The lowest BCUT2D eigenvalue weighted by atomic mass is 10.1. The number of Topliss-reactive ketones (excluding diaryl/α,β-unsaturated/α-hetero) is 1. The predicted molar refractivity (Wildman–Crippen MR) is 136 cm³/mol. The lowest BCUT2D eigenvalue weighted by Crippen LogP contribution is -2.32. The molecule has 0 aliphatic carbocycles. The summed E-state index contributed by atoms with van der Waals surface area (Å²) in [6.07, 6.45) is 0. The Hall–Kier alpha value is -3.32. The van der Waals surface area contributed by atoms with Crippen LogP contribution in [0.4, 0.5) is 0 Å². The third-order valence-corrected chi connectivity index (χ3v) is 5.81. The van der Waals surface area contributed by atoms with Gasteiger partial charge >= 0.3 is 0 Å². The van der Waals surface area contributed by atoms with Crippen LogP contribution < -0.4 is 14.2 Å². The third kappa shape index (κ3) is 6.63. The van der Waals surface area contributed by atoms with Crippen LogP contribution in [-0.2, 0) is 22.7 Å². The molecule has 0 unspecified atom stereocenters. The maximum atomic E-state index is 11.9. The van der Waals surface area contributed by atoms with E-state index < -0.39 is 5.60 Å². The van der Waals surface area contributed by atoms with Gasteiger partial charge in [-0.3, -0.25) is 9.48 Å². The Morgan fingerprint density at radius 1 is 1.03 bits per heavy atom. The van der Waals surface area contributed by atoms with Crippen molar-refractivity contribution in [1.82, 2.24) is 9.78 Å². The summed E-state index contributed by atoms with van der Waals surface area (Å²) in [7, 11) is 3.28. The zero-order valence-electron chi connectivity index (χ0n) is 21.8. The smallest absolute Gasteiger partial charge is 0.161 e. The maximum absolute atomic E-state index is 11.9. The second-order valence-corrected chi connectivity index (χ2v) is 9.41. The molecule has 2 aromatic carbocycles. The van der Waals surface area contributed by atoms with Gasteiger partial charge < -0.3 is 18.9 Å². The molecule has 7 nitrogen and oxygen atoms in total. The fourth-order valence-electron chi connectivity index (χ4n) is 3.49. The van der Waals surface area contributed by atoms with E-state index in [0.29, 0.717) is 19.1 Å². The molecule has 3 rings (SSSR count). The van der Waals surface area contributed by atoms with Gasteiger partial charge in [0.15, 0.2) is 5.78 Å². The number of ether oxygens (including phenoxy) is 4. The summed E-state index contributed by atoms with van der Waals surface area (Å²) in [5.41, 5.74) is 2.57. The van der Waals surface area contributed by atoms with Gasteiger partial charge in [0.25, 0.3) is 0 Å². The molecule has 0 amide bonds. The number of ketones is 1. The Bertz CT molecular complexity index is 1130. The van der Waals surface area contributed by atoms with Crippen LogP contribution in [0.3, 0.4) is 0 Å². The normalized spacial score (nSPS) is 11.5. The van der Waals surface area contributed by atoms with Crippen LogP contribution >= 0.6 is 0 Å². The number of hydrogen-bond acceptors (Lipinski definition) is 6. The number of carbonyl (C=O) groups excluding carboxylic acids is 1. The molecule has 0 saturated carbocycles. The molecule has 0 atom stereocenters. The first-order valence-corrected chi connectivity index (χ1v) is 11.8. The molecule has 0 N–H and O–H groups in total. The molecular weight excluding hydrogens is 444 g/mol. The molecule has 0 saturated heterocycles. The number of hydrogen-bond donors (Lipinski definition) is 0. The van der Waals surface area contributed by atoms with Crippen molar-refractivity contribution >= 4 is 5.78 Å². The van der Waals surface area contributed by atoms with Crippen molar-refractivity contribution in [2.45, 2.75) is 53.4 Å². The topological polar surface area (TPSA) is 71.8 Å². The molecule has 0 spiro atoms. The Kier molecular flexibility index (Phi) is 8.57. The highest BCUT2D eigenvalue weighted by molar-refractivity contribution is 5.83. The summed E-state index contributed by atoms with van der Waals surface area (Å²) < 4.78 is 25.0. The maximum Gasteiger partial charge on any atom is 0.161 e. The summed E-state index contributed by atoms with van der Waals surface area (Å²) in [5.74, 6) is 2.63. The molecule has 0 aliphatic heterocycles. The number of carbonyl (C=O) groups is 1. The van der Waals surface area contributed by atoms with Gasteiger partial charge in [-0.2, -0.15) is 5.10 Å². The first kappa shape index (κ1) is 26.3. The van der Waals surface area contributed by atoms with Gasteiger partial charge in [-0.15, -0.1) is 0 Å². The lowest BCUT2D eigenvalue weighted by molar-refractivity contribution is -0.139. The van der Waals surface area contributed by atoms with Gasteiger partial charge in [0.05, 0.1) is 50.9 Å². The van der Waals surface area contributed by atoms with Crippen LogP contribution in [0.25, 0.3) is 11.3 Å². The number of benzene rings is 2. The fraction of sp³-hybridized carbons (Fsp3) is 0.429. The molecule has 188 valence electrons. The van der Waals surface area contributed by atoms with Crippen LogP contribution in [0.15, 0.2) is 48.5 Å². The number of nitrogens with zero attached hydrogens (tertiary/aromatic N) is 2. The summed E-state index contributed by atoms with van der Waals surface area (Å²) >= 11 is 0. The van der Waals surface area contributed by atoms with Crippen LogP contribution in [0, 0.1) is 5.92 Å². The molecule has 0 aliphatic rings. The molecule has 1 heterocycles. The highest BCUT2D eigenvalue weighted by Crippen LogP contribution is 2.32. The van der Waals surface area contributed by atoms with Gasteiger partial charge in [0.2, 0.25) is 0 Å². The van der Waals surface area contributed by atoms with Crippen molar-refractivity contribution < 1.29 is 23.7 Å². The van der Waals surface area contributed by atoms with Crippen molar-refractivity contribution in [2.24, 2.45) is 5.92 Å². The summed E-state index contributed by atoms with van der Waals surface area (Å²) in [5, 5.41) is 4.83. The zero-order valence-corrected chi connectivity index (χ0v) is 21.8. The fourth-order valence-corrected chi connectivity index (χ4v) is 3.49. The van der Waals surface area contributed by atoms with E-state index in [2.05, 4.69) is 13.8 Å². The summed E-state index contributed by atoms with van der Waals surface area (Å²) in [4.78, 5) is 11.9. The van der Waals surface area contributed by atoms with Crippen molar-refractivity contribution in [3.05, 3.63) is 59.8 Å². The standard InChI is InChI=1S/C28H36N2O5/c1-19(2)17-34-23-11-8-10-21(14-23)25-15-22(18-35-28(4,5)20(3)31)29-30(25)16-24-26(32-6)12-9-13-27(24)33-7/h8-15,19H,16-18H2,1-7H3. The monoisotopic (exact) mass is 480 g/mol. The van der Waals surface area contributed by atoms with Gasteiger partial charge in [-0.05, 0) is 57.0 Å². The van der Waals surface area contributed by atoms with Gasteiger partial charge in [-0.25, -0.2) is 0 Å². The SMILES string of the molecule is COc1cccc(OC)c1Cn1nc(COC(C)(C)C(C)=O)cc1-c1cccc(OCC(C)C)c1. The zero-order chi connectivity index (χ0) is 25.6. The Balaban J connectivity index is 2.02. The molecule has 0 bridgehead atoms. The largest absolute Gasteiger partial charge is 0.496 e. The number of rotatable bonds is 12. The van der Waals surface area contributed by atoms with Crippen LogP contribution in [0.5, 0.6) is 17.2 Å². The van der Waals surface area contributed by atoms with Gasteiger partial charge in [-0.1, -0.05) is 32.0 Å². The van der Waals surface area contributed by atoms with E-state index in [4.69, 9.17) is 24.0 Å². The van der Waals surface area contributed by atoms with Crippen molar-refractivity contribution in [3.63, 3.8) is 0 Å². The average molecular weight is 481 g/mol. The van der Waals surface area contributed by atoms with Gasteiger partial charge in [0.1, 0.15) is 22.8 Å². The molecule has 0 fully saturated rings. The minimum Gasteiger partial charge on any atom is -0.496 e. The van der Waals surface area contributed by atoms with Crippen molar-refractivity contribution in [1.29, 1.82) is 0 Å². The minimum atomic E-state index is -0.888. The van der Waals surface area contributed by atoms with Crippen molar-refractivity contribution in [3.8, 4) is 28.5 Å². The first-order chi connectivity index (χ1) is 16.6. The van der Waals surface area contributed by atoms with Crippen LogP contribution in [-0.4, -0.2) is 42.0 Å². The number of aromatic nitrogens is 2. The molecule has 35 heavy (non-hydrogen) atoms. The third-order valence-electron chi connectivity index (χ3n) is 5.81. The molecule has 7 heteroatoms. The summed E-state index contributed by atoms with van der Waals surface area (Å²) in [6.45, 7) is 10.6. The van der Waals surface area contributed by atoms with E-state index in [0.717, 1.165) is 39.8 Å². The van der Waals surface area contributed by atoms with E-state index in [-0.39, 0.29) is 12.4 Å². The average Bonchev–Trinajstić information content (AvgIpc) is 3.24. The second kappa shape index (κ2) is 11.4. The van der Waals surface area contributed by atoms with Crippen LogP contribution in [0.2, 0.25) is 0 Å². The van der Waals surface area contributed by atoms with Crippen molar-refractivity contribution in [2.75, 3.05) is 20.8 Å². The van der Waals surface area contributed by atoms with E-state index in [1.165, 1.54) is 6.92 Å². The number of methoxy groups -OCH3 is 2. The minimum absolute atomic E-state index is 0.0362. The highest BCUT2D eigenvalue weighted by atomic mass is 16.5. The van der Waals surface area contributed by atoms with Gasteiger partial charge in [0, 0.05) is 5.56 Å². The molecule has 1 aromatic heterocycles. The highest BCUT2D eigenvalue weighted by Gasteiger charge is 2.25. The van der Waals surface area contributed by atoms with E-state index in [1.54, 1.807) is 28.1 Å². The first-order valence-electron chi connectivity index (χ1n) is 11.8. The molecule has 3 aromatic rings. The molecular formula is C28H36N2O5. The quantitative estimate of drug-likeness (QED) is 0.339. The Morgan fingerprint density at radius 3 is 2.29 bits per heavy atom. The Labute approximate surface area is 208 Å². The molecule has 0 radical (unpaired) electrons. The second-order valence-electron chi connectivity index (χ2n) is 9.41. The van der Waals surface area contributed by atoms with Crippen LogP contribution in [0.1, 0.15) is 45.9 Å². The Morgan fingerprint density at radius 2 is 1.69 bits per heavy atom. The predicted octanol–water partition coefficient (Wildman–Crippen LogP) is 5.53.